The monoisotopic (exact) mass is 358 g/mol. The second-order valence-electron chi connectivity index (χ2n) is 7.25. The van der Waals surface area contributed by atoms with Gasteiger partial charge in [0, 0.05) is 25.7 Å². The molecule has 0 bridgehead atoms. The summed E-state index contributed by atoms with van der Waals surface area (Å²) in [7, 11) is 0. The van der Waals surface area contributed by atoms with Crippen molar-refractivity contribution in [1.82, 2.24) is 19.2 Å². The highest BCUT2D eigenvalue weighted by Crippen LogP contribution is 2.45. The zero-order valence-corrected chi connectivity index (χ0v) is 14.4. The number of imidazole rings is 1. The van der Waals surface area contributed by atoms with Crippen LogP contribution in [-0.4, -0.2) is 62.5 Å². The molecule has 5 heterocycles. The van der Waals surface area contributed by atoms with Gasteiger partial charge in [0.25, 0.3) is 5.91 Å². The van der Waals surface area contributed by atoms with Crippen molar-refractivity contribution in [3.8, 4) is 0 Å². The molecule has 26 heavy (non-hydrogen) atoms. The average Bonchev–Trinajstić information content (AvgIpc) is 3.23. The van der Waals surface area contributed by atoms with Gasteiger partial charge in [-0.05, 0) is 25.0 Å². The van der Waals surface area contributed by atoms with E-state index in [9.17, 15) is 14.0 Å². The highest BCUT2D eigenvalue weighted by Gasteiger charge is 2.61. The number of carbonyl (C=O) groups is 2. The van der Waals surface area contributed by atoms with E-state index < -0.39 is 17.6 Å². The number of fused-ring (bicyclic) bond motifs is 1. The molecule has 0 aliphatic carbocycles. The lowest BCUT2D eigenvalue weighted by atomic mass is 10.0. The predicted molar refractivity (Wildman–Crippen MR) is 89.0 cm³/mol. The van der Waals surface area contributed by atoms with Crippen LogP contribution in [0.15, 0.2) is 18.3 Å². The largest absolute Gasteiger partial charge is 0.353 e. The quantitative estimate of drug-likeness (QED) is 0.772. The van der Waals surface area contributed by atoms with Crippen LogP contribution in [0.5, 0.6) is 0 Å². The fourth-order valence-corrected chi connectivity index (χ4v) is 4.59. The molecule has 1 spiro atoms. The Balaban J connectivity index is 1.52. The molecule has 0 saturated carbocycles. The van der Waals surface area contributed by atoms with Crippen molar-refractivity contribution in [3.63, 3.8) is 0 Å². The lowest BCUT2D eigenvalue weighted by Crippen LogP contribution is -2.56. The molecule has 7 nitrogen and oxygen atoms in total. The van der Waals surface area contributed by atoms with Gasteiger partial charge in [0.15, 0.2) is 11.4 Å². The maximum Gasteiger partial charge on any atom is 0.277 e. The maximum atomic E-state index is 14.8. The second-order valence-corrected chi connectivity index (χ2v) is 7.25. The summed E-state index contributed by atoms with van der Waals surface area (Å²) in [5, 5.41) is 0. The zero-order chi connectivity index (χ0) is 18.1. The number of pyridine rings is 1. The van der Waals surface area contributed by atoms with Gasteiger partial charge in [-0.2, -0.15) is 4.39 Å². The SMILES string of the molecule is Cc1ccc2nc(C(=O)N3CC[C@@]45OCCCN4C(=O)C[C@@H]35)c(F)n2c1. The third kappa shape index (κ3) is 1.93. The Morgan fingerprint density at radius 2 is 2.23 bits per heavy atom. The molecular weight excluding hydrogens is 339 g/mol. The lowest BCUT2D eigenvalue weighted by molar-refractivity contribution is -0.179. The number of rotatable bonds is 1. The highest BCUT2D eigenvalue weighted by molar-refractivity contribution is 5.95. The Morgan fingerprint density at radius 3 is 3.08 bits per heavy atom. The molecule has 3 fully saturated rings. The number of carbonyl (C=O) groups excluding carboxylic acids is 2. The summed E-state index contributed by atoms with van der Waals surface area (Å²) >= 11 is 0. The zero-order valence-electron chi connectivity index (χ0n) is 14.4. The van der Waals surface area contributed by atoms with Crippen LogP contribution in [0, 0.1) is 12.9 Å². The van der Waals surface area contributed by atoms with Crippen molar-refractivity contribution in [2.24, 2.45) is 0 Å². The Morgan fingerprint density at radius 1 is 1.38 bits per heavy atom. The van der Waals surface area contributed by atoms with Gasteiger partial charge < -0.3 is 14.5 Å². The smallest absolute Gasteiger partial charge is 0.277 e. The van der Waals surface area contributed by atoms with E-state index in [1.165, 1.54) is 4.40 Å². The fraction of sp³-hybridized carbons (Fsp3) is 0.500. The molecule has 2 amide bonds. The van der Waals surface area contributed by atoms with Gasteiger partial charge in [-0.25, -0.2) is 4.98 Å². The molecule has 3 aliphatic rings. The van der Waals surface area contributed by atoms with Gasteiger partial charge in [0.2, 0.25) is 11.9 Å². The van der Waals surface area contributed by atoms with Crippen LogP contribution in [0.1, 0.15) is 35.3 Å². The number of likely N-dealkylation sites (tertiary alicyclic amines) is 1. The molecule has 8 heteroatoms. The molecule has 0 radical (unpaired) electrons. The van der Waals surface area contributed by atoms with Gasteiger partial charge in [0.1, 0.15) is 5.65 Å². The van der Waals surface area contributed by atoms with Gasteiger partial charge in [0.05, 0.1) is 19.1 Å². The Hall–Kier alpha value is -2.48. The van der Waals surface area contributed by atoms with E-state index in [4.69, 9.17) is 4.74 Å². The molecule has 3 aliphatic heterocycles. The normalized spacial score (nSPS) is 27.9. The molecule has 2 aromatic heterocycles. The first-order chi connectivity index (χ1) is 12.5. The summed E-state index contributed by atoms with van der Waals surface area (Å²) < 4.78 is 22.1. The predicted octanol–water partition coefficient (Wildman–Crippen LogP) is 1.35. The van der Waals surface area contributed by atoms with Gasteiger partial charge >= 0.3 is 0 Å². The van der Waals surface area contributed by atoms with Crippen LogP contribution in [0.25, 0.3) is 5.65 Å². The van der Waals surface area contributed by atoms with Gasteiger partial charge in [-0.3, -0.25) is 14.0 Å². The van der Waals surface area contributed by atoms with Crippen molar-refractivity contribution < 1.29 is 18.7 Å². The van der Waals surface area contributed by atoms with Crippen molar-refractivity contribution in [3.05, 3.63) is 35.5 Å². The average molecular weight is 358 g/mol. The summed E-state index contributed by atoms with van der Waals surface area (Å²) in [6.45, 7) is 3.51. The number of amides is 2. The first kappa shape index (κ1) is 15.7. The van der Waals surface area contributed by atoms with Gasteiger partial charge in [-0.1, -0.05) is 6.07 Å². The third-order valence-corrected chi connectivity index (χ3v) is 5.78. The van der Waals surface area contributed by atoms with E-state index in [0.717, 1.165) is 12.0 Å². The topological polar surface area (TPSA) is 67.2 Å². The molecule has 0 aromatic carbocycles. The number of hydrogen-bond acceptors (Lipinski definition) is 4. The van der Waals surface area contributed by atoms with Crippen LogP contribution < -0.4 is 0 Å². The lowest BCUT2D eigenvalue weighted by Gasteiger charge is -2.42. The minimum Gasteiger partial charge on any atom is -0.353 e. The van der Waals surface area contributed by atoms with Crippen molar-refractivity contribution in [2.45, 2.75) is 38.0 Å². The number of aryl methyl sites for hydroxylation is 1. The van der Waals surface area contributed by atoms with E-state index in [0.29, 0.717) is 31.8 Å². The van der Waals surface area contributed by atoms with Crippen molar-refractivity contribution in [1.29, 1.82) is 0 Å². The van der Waals surface area contributed by atoms with E-state index in [1.54, 1.807) is 22.1 Å². The molecule has 0 unspecified atom stereocenters. The highest BCUT2D eigenvalue weighted by atomic mass is 19.1. The van der Waals surface area contributed by atoms with E-state index in [1.807, 2.05) is 13.0 Å². The third-order valence-electron chi connectivity index (χ3n) is 5.78. The van der Waals surface area contributed by atoms with Gasteiger partial charge in [-0.15, -0.1) is 0 Å². The van der Waals surface area contributed by atoms with E-state index >= 15 is 0 Å². The van der Waals surface area contributed by atoms with Crippen LogP contribution in [0.4, 0.5) is 4.39 Å². The molecule has 136 valence electrons. The standard InChI is InChI=1S/C18H19FN4O3/c1-11-3-4-13-20-15(16(19)22(13)10-11)17(25)21-7-5-18-12(21)9-14(24)23(18)6-2-8-26-18/h3-4,10,12H,2,5-9H2,1H3/t12-,18+/m1/s1. The number of ether oxygens (including phenoxy) is 1. The molecule has 2 aromatic rings. The first-order valence-corrected chi connectivity index (χ1v) is 8.91. The van der Waals surface area contributed by atoms with E-state index in [-0.39, 0.29) is 24.1 Å². The molecule has 0 N–H and O–H groups in total. The first-order valence-electron chi connectivity index (χ1n) is 8.91. The maximum absolute atomic E-state index is 14.8. The van der Waals surface area contributed by atoms with E-state index in [2.05, 4.69) is 4.98 Å². The Kier molecular flexibility index (Phi) is 3.19. The Bertz CT molecular complexity index is 942. The molecule has 3 saturated heterocycles. The second kappa shape index (κ2) is 5.26. The summed E-state index contributed by atoms with van der Waals surface area (Å²) in [5.74, 6) is -1.15. The fourth-order valence-electron chi connectivity index (χ4n) is 4.59. The summed E-state index contributed by atoms with van der Waals surface area (Å²) in [5.41, 5.74) is 0.329. The van der Waals surface area contributed by atoms with Crippen LogP contribution >= 0.6 is 0 Å². The molecule has 5 rings (SSSR count). The van der Waals surface area contributed by atoms with Crippen LogP contribution in [0.3, 0.4) is 0 Å². The van der Waals surface area contributed by atoms with Crippen LogP contribution in [-0.2, 0) is 9.53 Å². The number of hydrogen-bond donors (Lipinski definition) is 0. The summed E-state index contributed by atoms with van der Waals surface area (Å²) in [4.78, 5) is 33.0. The molecule has 2 atom stereocenters. The minimum atomic E-state index is -0.739. The number of halogens is 1. The number of aromatic nitrogens is 2. The summed E-state index contributed by atoms with van der Waals surface area (Å²) in [6.07, 6.45) is 3.20. The molecular formula is C18H19FN4O3. The van der Waals surface area contributed by atoms with Crippen LogP contribution in [0.2, 0.25) is 0 Å². The Labute approximate surface area is 149 Å². The minimum absolute atomic E-state index is 0.00158. The number of nitrogens with zero attached hydrogens (tertiary/aromatic N) is 4. The van der Waals surface area contributed by atoms with Crippen molar-refractivity contribution in [2.75, 3.05) is 19.7 Å². The van der Waals surface area contributed by atoms with Crippen molar-refractivity contribution >= 4 is 17.5 Å². The summed E-state index contributed by atoms with van der Waals surface area (Å²) in [6, 6.07) is 3.13.